The maximum absolute atomic E-state index is 12.5. The number of amides is 1. The SMILES string of the molecule is CCOC(=O)Cc1ccc(NC(=O)c2cc(-c3ccc(OC)cc3)cs2)cc1. The summed E-state index contributed by atoms with van der Waals surface area (Å²) in [5.74, 6) is 0.371. The van der Waals surface area contributed by atoms with E-state index in [0.717, 1.165) is 22.4 Å². The van der Waals surface area contributed by atoms with Crippen molar-refractivity contribution in [2.45, 2.75) is 13.3 Å². The standard InChI is InChI=1S/C22H21NO4S/c1-3-27-21(24)12-15-4-8-18(9-5-15)23-22(25)20-13-17(14-28-20)16-6-10-19(26-2)11-7-16/h4-11,13-14H,3,12H2,1-2H3,(H,23,25). The van der Waals surface area contributed by atoms with E-state index in [4.69, 9.17) is 9.47 Å². The van der Waals surface area contributed by atoms with Gasteiger partial charge < -0.3 is 14.8 Å². The van der Waals surface area contributed by atoms with Crippen molar-refractivity contribution in [3.8, 4) is 16.9 Å². The van der Waals surface area contributed by atoms with Crippen LogP contribution >= 0.6 is 11.3 Å². The molecule has 0 fully saturated rings. The molecule has 0 radical (unpaired) electrons. The summed E-state index contributed by atoms with van der Waals surface area (Å²) < 4.78 is 10.1. The van der Waals surface area contributed by atoms with Crippen molar-refractivity contribution in [2.24, 2.45) is 0 Å². The van der Waals surface area contributed by atoms with Gasteiger partial charge in [-0.25, -0.2) is 0 Å². The molecule has 1 heterocycles. The number of hydrogen-bond donors (Lipinski definition) is 1. The van der Waals surface area contributed by atoms with Crippen molar-refractivity contribution in [1.29, 1.82) is 0 Å². The van der Waals surface area contributed by atoms with Gasteiger partial charge in [0.15, 0.2) is 0 Å². The lowest BCUT2D eigenvalue weighted by molar-refractivity contribution is -0.142. The van der Waals surface area contributed by atoms with Gasteiger partial charge in [-0.05, 0) is 59.3 Å². The molecule has 1 N–H and O–H groups in total. The number of carbonyl (C=O) groups is 2. The number of hydrogen-bond acceptors (Lipinski definition) is 5. The Morgan fingerprint density at radius 2 is 1.71 bits per heavy atom. The molecule has 2 aromatic carbocycles. The smallest absolute Gasteiger partial charge is 0.310 e. The van der Waals surface area contributed by atoms with Gasteiger partial charge in [0.1, 0.15) is 5.75 Å². The number of carbonyl (C=O) groups excluding carboxylic acids is 2. The lowest BCUT2D eigenvalue weighted by Crippen LogP contribution is -2.10. The van der Waals surface area contributed by atoms with Gasteiger partial charge >= 0.3 is 5.97 Å². The Hall–Kier alpha value is -3.12. The number of benzene rings is 2. The summed E-state index contributed by atoms with van der Waals surface area (Å²) in [5.41, 5.74) is 3.54. The van der Waals surface area contributed by atoms with Crippen molar-refractivity contribution in [2.75, 3.05) is 19.0 Å². The molecule has 1 amide bonds. The first-order valence-corrected chi connectivity index (χ1v) is 9.76. The fraction of sp³-hybridized carbons (Fsp3) is 0.182. The summed E-state index contributed by atoms with van der Waals surface area (Å²) in [7, 11) is 1.63. The second kappa shape index (κ2) is 9.19. The molecule has 6 heteroatoms. The molecule has 0 unspecified atom stereocenters. The van der Waals surface area contributed by atoms with Crippen LogP contribution in [0.25, 0.3) is 11.1 Å². The molecule has 1 aromatic heterocycles. The van der Waals surface area contributed by atoms with Crippen LogP contribution < -0.4 is 10.1 Å². The van der Waals surface area contributed by atoms with Crippen LogP contribution in [0, 0.1) is 0 Å². The predicted octanol–water partition coefficient (Wildman–Crippen LogP) is 4.78. The molecule has 3 rings (SSSR count). The fourth-order valence-electron chi connectivity index (χ4n) is 2.67. The zero-order valence-electron chi connectivity index (χ0n) is 15.7. The highest BCUT2D eigenvalue weighted by molar-refractivity contribution is 7.12. The minimum absolute atomic E-state index is 0.164. The molecule has 144 valence electrons. The average molecular weight is 395 g/mol. The van der Waals surface area contributed by atoms with E-state index in [2.05, 4.69) is 5.32 Å². The number of thiophene rings is 1. The number of nitrogens with one attached hydrogen (secondary N) is 1. The third-order valence-corrected chi connectivity index (χ3v) is 5.04. The number of rotatable bonds is 7. The Morgan fingerprint density at radius 3 is 2.36 bits per heavy atom. The van der Waals surface area contributed by atoms with Gasteiger partial charge in [0.25, 0.3) is 5.91 Å². The first-order chi connectivity index (χ1) is 13.6. The van der Waals surface area contributed by atoms with Gasteiger partial charge in [-0.3, -0.25) is 9.59 Å². The quantitative estimate of drug-likeness (QED) is 0.585. The van der Waals surface area contributed by atoms with Crippen LogP contribution in [0.1, 0.15) is 22.2 Å². The zero-order valence-corrected chi connectivity index (χ0v) is 16.5. The van der Waals surface area contributed by atoms with E-state index in [-0.39, 0.29) is 18.3 Å². The highest BCUT2D eigenvalue weighted by Gasteiger charge is 2.11. The van der Waals surface area contributed by atoms with Gasteiger partial charge in [-0.2, -0.15) is 0 Å². The Labute approximate surface area is 167 Å². The van der Waals surface area contributed by atoms with Crippen LogP contribution in [-0.4, -0.2) is 25.6 Å². The van der Waals surface area contributed by atoms with Gasteiger partial charge in [-0.1, -0.05) is 24.3 Å². The summed E-state index contributed by atoms with van der Waals surface area (Å²) in [6.07, 6.45) is 0.220. The summed E-state index contributed by atoms with van der Waals surface area (Å²) in [6, 6.07) is 16.8. The molecular formula is C22H21NO4S. The van der Waals surface area contributed by atoms with Crippen molar-refractivity contribution in [3.63, 3.8) is 0 Å². The summed E-state index contributed by atoms with van der Waals surface area (Å²) in [4.78, 5) is 24.7. The average Bonchev–Trinajstić information content (AvgIpc) is 3.20. The first kappa shape index (κ1) is 19.6. The maximum atomic E-state index is 12.5. The Morgan fingerprint density at radius 1 is 1.00 bits per heavy atom. The second-order valence-electron chi connectivity index (χ2n) is 6.06. The Bertz CT molecular complexity index is 945. The van der Waals surface area contributed by atoms with Crippen molar-refractivity contribution in [3.05, 3.63) is 70.4 Å². The Balaban J connectivity index is 1.63. The molecule has 0 saturated carbocycles. The molecule has 5 nitrogen and oxygen atoms in total. The van der Waals surface area contributed by atoms with Crippen LogP contribution in [0.3, 0.4) is 0 Å². The van der Waals surface area contributed by atoms with E-state index in [1.807, 2.05) is 47.8 Å². The number of methoxy groups -OCH3 is 1. The molecule has 0 aliphatic rings. The largest absolute Gasteiger partial charge is 0.497 e. The minimum atomic E-state index is -0.260. The maximum Gasteiger partial charge on any atom is 0.310 e. The molecule has 0 atom stereocenters. The molecule has 0 aliphatic heterocycles. The van der Waals surface area contributed by atoms with Crippen molar-refractivity contribution in [1.82, 2.24) is 0 Å². The molecule has 28 heavy (non-hydrogen) atoms. The monoisotopic (exact) mass is 395 g/mol. The number of esters is 1. The molecular weight excluding hydrogens is 374 g/mol. The molecule has 0 aliphatic carbocycles. The lowest BCUT2D eigenvalue weighted by Gasteiger charge is -2.06. The summed E-state index contributed by atoms with van der Waals surface area (Å²) in [5, 5.41) is 4.84. The van der Waals surface area contributed by atoms with E-state index in [1.54, 1.807) is 26.2 Å². The highest BCUT2D eigenvalue weighted by atomic mass is 32.1. The van der Waals surface area contributed by atoms with Crippen molar-refractivity contribution >= 4 is 28.9 Å². The highest BCUT2D eigenvalue weighted by Crippen LogP contribution is 2.27. The van der Waals surface area contributed by atoms with Crippen LogP contribution in [0.5, 0.6) is 5.75 Å². The predicted molar refractivity (Wildman–Crippen MR) is 111 cm³/mol. The molecule has 0 spiro atoms. The topological polar surface area (TPSA) is 64.6 Å². The Kier molecular flexibility index (Phi) is 6.45. The van der Waals surface area contributed by atoms with E-state index in [1.165, 1.54) is 11.3 Å². The second-order valence-corrected chi connectivity index (χ2v) is 6.97. The normalized spacial score (nSPS) is 10.4. The van der Waals surface area contributed by atoms with E-state index < -0.39 is 0 Å². The lowest BCUT2D eigenvalue weighted by atomic mass is 10.1. The van der Waals surface area contributed by atoms with E-state index in [9.17, 15) is 9.59 Å². The minimum Gasteiger partial charge on any atom is -0.497 e. The van der Waals surface area contributed by atoms with E-state index in [0.29, 0.717) is 17.2 Å². The van der Waals surface area contributed by atoms with Crippen LogP contribution in [0.15, 0.2) is 60.0 Å². The summed E-state index contributed by atoms with van der Waals surface area (Å²) >= 11 is 1.39. The molecule has 0 saturated heterocycles. The van der Waals surface area contributed by atoms with Crippen LogP contribution in [0.2, 0.25) is 0 Å². The van der Waals surface area contributed by atoms with Crippen molar-refractivity contribution < 1.29 is 19.1 Å². The van der Waals surface area contributed by atoms with Crippen LogP contribution in [-0.2, 0) is 16.0 Å². The van der Waals surface area contributed by atoms with Crippen LogP contribution in [0.4, 0.5) is 5.69 Å². The van der Waals surface area contributed by atoms with Gasteiger partial charge in [0.05, 0.1) is 25.0 Å². The fourth-order valence-corrected chi connectivity index (χ4v) is 3.48. The third-order valence-electron chi connectivity index (χ3n) is 4.11. The van der Waals surface area contributed by atoms with Gasteiger partial charge in [0, 0.05) is 5.69 Å². The number of ether oxygens (including phenoxy) is 2. The first-order valence-electron chi connectivity index (χ1n) is 8.88. The zero-order chi connectivity index (χ0) is 19.9. The van der Waals surface area contributed by atoms with Gasteiger partial charge in [-0.15, -0.1) is 11.3 Å². The molecule has 3 aromatic rings. The summed E-state index contributed by atoms with van der Waals surface area (Å²) in [6.45, 7) is 2.15. The van der Waals surface area contributed by atoms with Gasteiger partial charge in [0.2, 0.25) is 0 Å². The number of anilines is 1. The third kappa shape index (κ3) is 4.98. The molecule has 0 bridgehead atoms. The van der Waals surface area contributed by atoms with E-state index >= 15 is 0 Å².